The van der Waals surface area contributed by atoms with Gasteiger partial charge in [0, 0.05) is 0 Å². The molecule has 1 fully saturated rings. The Bertz CT molecular complexity index is 815. The van der Waals surface area contributed by atoms with Crippen LogP contribution in [0.2, 0.25) is 0 Å². The van der Waals surface area contributed by atoms with E-state index in [0.717, 1.165) is 11.1 Å². The normalized spacial score (nSPS) is 26.5. The van der Waals surface area contributed by atoms with E-state index in [2.05, 4.69) is 0 Å². The highest BCUT2D eigenvalue weighted by Gasteiger charge is 2.65. The summed E-state index contributed by atoms with van der Waals surface area (Å²) in [7, 11) is 0. The van der Waals surface area contributed by atoms with Gasteiger partial charge in [0.25, 0.3) is 0 Å². The third-order valence-electron chi connectivity index (χ3n) is 5.14. The van der Waals surface area contributed by atoms with Crippen LogP contribution in [-0.4, -0.2) is 64.7 Å². The fraction of sp³-hybridized carbons (Fsp3) is 0.435. The number of hydrogen-bond acceptors (Lipinski definition) is 8. The largest absolute Gasteiger partial charge is 0.464 e. The van der Waals surface area contributed by atoms with Gasteiger partial charge in [0.05, 0.1) is 26.4 Å². The van der Waals surface area contributed by atoms with Crippen LogP contribution < -0.4 is 0 Å². The monoisotopic (exact) mass is 432 g/mol. The van der Waals surface area contributed by atoms with Gasteiger partial charge in [-0.25, -0.2) is 4.79 Å². The fourth-order valence-electron chi connectivity index (χ4n) is 3.59. The molecular formula is C23H28O8. The zero-order chi connectivity index (χ0) is 22.3. The Hall–Kier alpha value is -2.33. The molecule has 0 aromatic heterocycles. The summed E-state index contributed by atoms with van der Waals surface area (Å²) in [6.07, 6.45) is -5.65. The molecule has 1 aliphatic heterocycles. The highest BCUT2D eigenvalue weighted by atomic mass is 16.7. The SMILES string of the molecule is CCOC(=O)[C@@]1([C@H](O)CO)OC(O)[C@H](OCc2ccccc2)[C@H]1OCc1ccccc1. The van der Waals surface area contributed by atoms with Crippen LogP contribution in [0.15, 0.2) is 60.7 Å². The number of aliphatic hydroxyl groups is 3. The molecule has 1 aliphatic rings. The second kappa shape index (κ2) is 10.8. The molecule has 1 heterocycles. The van der Waals surface area contributed by atoms with Crippen molar-refractivity contribution in [2.75, 3.05) is 13.2 Å². The molecule has 0 saturated carbocycles. The summed E-state index contributed by atoms with van der Waals surface area (Å²) in [5.74, 6) is -0.945. The van der Waals surface area contributed by atoms with Gasteiger partial charge in [-0.3, -0.25) is 0 Å². The van der Waals surface area contributed by atoms with E-state index in [0.29, 0.717) is 0 Å². The summed E-state index contributed by atoms with van der Waals surface area (Å²) in [6.45, 7) is 0.990. The van der Waals surface area contributed by atoms with Crippen molar-refractivity contribution in [3.63, 3.8) is 0 Å². The minimum Gasteiger partial charge on any atom is -0.464 e. The van der Waals surface area contributed by atoms with Crippen molar-refractivity contribution in [3.05, 3.63) is 71.8 Å². The quantitative estimate of drug-likeness (QED) is 0.479. The molecule has 3 rings (SSSR count). The van der Waals surface area contributed by atoms with E-state index < -0.39 is 42.8 Å². The maximum absolute atomic E-state index is 12.9. The average Bonchev–Trinajstić information content (AvgIpc) is 3.09. The van der Waals surface area contributed by atoms with Gasteiger partial charge in [-0.05, 0) is 18.1 Å². The molecule has 0 amide bonds. The molecule has 0 aliphatic carbocycles. The molecule has 5 atom stereocenters. The summed E-state index contributed by atoms with van der Waals surface area (Å²) >= 11 is 0. The Morgan fingerprint density at radius 3 is 2.10 bits per heavy atom. The van der Waals surface area contributed by atoms with Crippen LogP contribution in [0.1, 0.15) is 18.1 Å². The predicted molar refractivity (Wildman–Crippen MR) is 110 cm³/mol. The van der Waals surface area contributed by atoms with Crippen LogP contribution in [0.4, 0.5) is 0 Å². The molecule has 3 N–H and O–H groups in total. The summed E-state index contributed by atoms with van der Waals surface area (Å²) in [6, 6.07) is 18.5. The Labute approximate surface area is 180 Å². The van der Waals surface area contributed by atoms with Gasteiger partial charge in [0.15, 0.2) is 6.29 Å². The lowest BCUT2D eigenvalue weighted by molar-refractivity contribution is -0.226. The number of esters is 1. The van der Waals surface area contributed by atoms with E-state index in [1.807, 2.05) is 60.7 Å². The zero-order valence-electron chi connectivity index (χ0n) is 17.3. The van der Waals surface area contributed by atoms with Gasteiger partial charge in [-0.15, -0.1) is 0 Å². The van der Waals surface area contributed by atoms with Crippen LogP contribution in [0.3, 0.4) is 0 Å². The first-order valence-corrected chi connectivity index (χ1v) is 10.2. The predicted octanol–water partition coefficient (Wildman–Crippen LogP) is 1.16. The molecule has 0 bridgehead atoms. The van der Waals surface area contributed by atoms with Crippen LogP contribution in [0, 0.1) is 0 Å². The van der Waals surface area contributed by atoms with Crippen molar-refractivity contribution in [2.24, 2.45) is 0 Å². The van der Waals surface area contributed by atoms with Crippen molar-refractivity contribution >= 4 is 5.97 Å². The molecule has 8 nitrogen and oxygen atoms in total. The van der Waals surface area contributed by atoms with Crippen LogP contribution in [-0.2, 0) is 37.0 Å². The zero-order valence-corrected chi connectivity index (χ0v) is 17.3. The molecule has 2 aromatic carbocycles. The molecule has 2 aromatic rings. The van der Waals surface area contributed by atoms with Gasteiger partial charge in [-0.1, -0.05) is 60.7 Å². The third kappa shape index (κ3) is 5.12. The lowest BCUT2D eigenvalue weighted by Gasteiger charge is -2.35. The molecular weight excluding hydrogens is 404 g/mol. The van der Waals surface area contributed by atoms with Gasteiger partial charge in [0.2, 0.25) is 5.60 Å². The Morgan fingerprint density at radius 2 is 1.58 bits per heavy atom. The van der Waals surface area contributed by atoms with Crippen LogP contribution >= 0.6 is 0 Å². The van der Waals surface area contributed by atoms with Gasteiger partial charge in [-0.2, -0.15) is 0 Å². The molecule has 1 saturated heterocycles. The molecule has 8 heteroatoms. The second-order valence-corrected chi connectivity index (χ2v) is 7.20. The Morgan fingerprint density at radius 1 is 1.03 bits per heavy atom. The average molecular weight is 432 g/mol. The maximum atomic E-state index is 12.9. The van der Waals surface area contributed by atoms with E-state index in [9.17, 15) is 20.1 Å². The molecule has 31 heavy (non-hydrogen) atoms. The number of carbonyl (C=O) groups excluding carboxylic acids is 1. The number of rotatable bonds is 10. The number of benzene rings is 2. The third-order valence-corrected chi connectivity index (χ3v) is 5.14. The summed E-state index contributed by atoms with van der Waals surface area (Å²) in [5.41, 5.74) is -0.505. The standard InChI is InChI=1S/C23H28O8/c1-2-28-22(27)23(18(25)13-24)20(30-15-17-11-7-4-8-12-17)19(21(26)31-23)29-14-16-9-5-3-6-10-16/h3-12,18-21,24-26H,2,13-15H2,1H3/t18-,19-,20-,21?,23+/m1/s1. The van der Waals surface area contributed by atoms with E-state index >= 15 is 0 Å². The second-order valence-electron chi connectivity index (χ2n) is 7.20. The molecule has 0 radical (unpaired) electrons. The lowest BCUT2D eigenvalue weighted by atomic mass is 9.89. The van der Waals surface area contributed by atoms with E-state index in [4.69, 9.17) is 18.9 Å². The van der Waals surface area contributed by atoms with Gasteiger partial charge in [0.1, 0.15) is 18.3 Å². The first-order chi connectivity index (χ1) is 15.0. The van der Waals surface area contributed by atoms with E-state index in [1.54, 1.807) is 6.92 Å². The fourth-order valence-corrected chi connectivity index (χ4v) is 3.59. The van der Waals surface area contributed by atoms with Crippen molar-refractivity contribution in [1.29, 1.82) is 0 Å². The van der Waals surface area contributed by atoms with E-state index in [-0.39, 0.29) is 19.8 Å². The highest BCUT2D eigenvalue weighted by molar-refractivity contribution is 5.82. The lowest BCUT2D eigenvalue weighted by Crippen LogP contribution is -2.61. The minimum absolute atomic E-state index is 0.0130. The highest BCUT2D eigenvalue weighted by Crippen LogP contribution is 2.39. The summed E-state index contributed by atoms with van der Waals surface area (Å²) in [5, 5.41) is 30.8. The first-order valence-electron chi connectivity index (χ1n) is 10.2. The van der Waals surface area contributed by atoms with Gasteiger partial charge < -0.3 is 34.3 Å². The number of hydrogen-bond donors (Lipinski definition) is 3. The smallest absolute Gasteiger partial charge is 0.344 e. The molecule has 0 spiro atoms. The number of ether oxygens (including phenoxy) is 4. The van der Waals surface area contributed by atoms with Crippen LogP contribution in [0.25, 0.3) is 0 Å². The maximum Gasteiger partial charge on any atom is 0.344 e. The Balaban J connectivity index is 1.90. The minimum atomic E-state index is -2.15. The van der Waals surface area contributed by atoms with Crippen molar-refractivity contribution in [1.82, 2.24) is 0 Å². The van der Waals surface area contributed by atoms with Crippen molar-refractivity contribution in [3.8, 4) is 0 Å². The number of carbonyl (C=O) groups is 1. The molecule has 168 valence electrons. The van der Waals surface area contributed by atoms with Crippen LogP contribution in [0.5, 0.6) is 0 Å². The van der Waals surface area contributed by atoms with Gasteiger partial charge >= 0.3 is 5.97 Å². The summed E-state index contributed by atoms with van der Waals surface area (Å²) < 4.78 is 22.5. The number of aliphatic hydroxyl groups excluding tert-OH is 3. The topological polar surface area (TPSA) is 115 Å². The molecule has 1 unspecified atom stereocenters. The Kier molecular flexibility index (Phi) is 8.14. The van der Waals surface area contributed by atoms with E-state index in [1.165, 1.54) is 0 Å². The van der Waals surface area contributed by atoms with Crippen molar-refractivity contribution < 1.29 is 39.1 Å². The van der Waals surface area contributed by atoms with Crippen molar-refractivity contribution in [2.45, 2.75) is 50.3 Å². The summed E-state index contributed by atoms with van der Waals surface area (Å²) in [4.78, 5) is 12.9. The first kappa shape index (κ1) is 23.3.